The summed E-state index contributed by atoms with van der Waals surface area (Å²) in [6.07, 6.45) is 10.8. The number of aliphatic carboxylic acids is 1. The summed E-state index contributed by atoms with van der Waals surface area (Å²) in [5.74, 6) is -1.05. The Morgan fingerprint density at radius 2 is 1.95 bits per heavy atom. The number of aromatic nitrogens is 2. The number of carbonyl (C=O) groups is 3. The second kappa shape index (κ2) is 11.9. The number of imidazole rings is 1. The molecule has 2 aliphatic rings. The van der Waals surface area contributed by atoms with E-state index < -0.39 is 17.9 Å². The number of furan rings is 1. The maximum Gasteiger partial charge on any atom is 0.326 e. The van der Waals surface area contributed by atoms with Crippen molar-refractivity contribution in [2.75, 3.05) is 0 Å². The van der Waals surface area contributed by atoms with Gasteiger partial charge in [-0.05, 0) is 54.3 Å². The van der Waals surface area contributed by atoms with Gasteiger partial charge in [0.1, 0.15) is 22.4 Å². The van der Waals surface area contributed by atoms with Crippen molar-refractivity contribution in [2.45, 2.75) is 50.6 Å². The van der Waals surface area contributed by atoms with Gasteiger partial charge >= 0.3 is 5.97 Å². The Kier molecular flexibility index (Phi) is 7.94. The van der Waals surface area contributed by atoms with Crippen molar-refractivity contribution in [1.82, 2.24) is 20.2 Å². The van der Waals surface area contributed by atoms with Crippen LogP contribution in [0.5, 0.6) is 0 Å². The van der Waals surface area contributed by atoms with Crippen LogP contribution in [0.4, 0.5) is 0 Å². The van der Waals surface area contributed by atoms with Crippen molar-refractivity contribution in [3.05, 3.63) is 82.7 Å². The molecule has 2 aromatic heterocycles. The van der Waals surface area contributed by atoms with E-state index in [9.17, 15) is 19.5 Å². The lowest BCUT2D eigenvalue weighted by Crippen LogP contribution is -2.42. The molecule has 1 aliphatic heterocycles. The number of benzene rings is 2. The number of nitrogens with one attached hydrogen (secondary N) is 2. The Morgan fingerprint density at radius 1 is 1.17 bits per heavy atom. The molecule has 2 fully saturated rings. The van der Waals surface area contributed by atoms with Gasteiger partial charge in [-0.3, -0.25) is 9.59 Å². The van der Waals surface area contributed by atoms with Gasteiger partial charge in [-0.1, -0.05) is 67.5 Å². The number of thiocarbonyl (C=S) groups is 1. The second-order valence-electron chi connectivity index (χ2n) is 10.5. The highest BCUT2D eigenvalue weighted by Gasteiger charge is 2.26. The van der Waals surface area contributed by atoms with Crippen molar-refractivity contribution in [1.29, 1.82) is 0 Å². The summed E-state index contributed by atoms with van der Waals surface area (Å²) in [6.45, 7) is 0. The monoisotopic (exact) mass is 600 g/mol. The highest BCUT2D eigenvalue weighted by Crippen LogP contribution is 2.36. The number of hydrogen-bond donors (Lipinski definition) is 3. The lowest BCUT2D eigenvalue weighted by Gasteiger charge is -2.25. The van der Waals surface area contributed by atoms with E-state index in [0.717, 1.165) is 53.7 Å². The predicted octanol–water partition coefficient (Wildman–Crippen LogP) is 5.72. The third kappa shape index (κ3) is 5.88. The molecule has 0 spiro atoms. The van der Waals surface area contributed by atoms with Gasteiger partial charge in [0.15, 0.2) is 0 Å². The fourth-order valence-corrected chi connectivity index (χ4v) is 6.59. The highest BCUT2D eigenvalue weighted by atomic mass is 32.2. The number of amides is 2. The quantitative estimate of drug-likeness (QED) is 0.173. The van der Waals surface area contributed by atoms with E-state index in [2.05, 4.69) is 15.2 Å². The van der Waals surface area contributed by atoms with Crippen LogP contribution in [0.15, 0.2) is 70.4 Å². The molecule has 11 heteroatoms. The zero-order chi connectivity index (χ0) is 29.2. The Balaban J connectivity index is 1.20. The molecule has 1 aliphatic carbocycles. The van der Waals surface area contributed by atoms with Gasteiger partial charge in [0.2, 0.25) is 0 Å². The number of hydrogen-bond acceptors (Lipinski definition) is 7. The van der Waals surface area contributed by atoms with E-state index in [1.54, 1.807) is 55.0 Å². The number of thioether (sulfide) groups is 1. The molecule has 9 nitrogen and oxygen atoms in total. The number of rotatable bonds is 8. The SMILES string of the molecule is O=C1NC(=S)SC1=Cc1ccc(C[C@H](NC(=O)c2ccc3c(c2)nc(-c2ccoc2)n3C2CCCCC2)C(=O)O)cc1. The second-order valence-corrected chi connectivity index (χ2v) is 12.2. The van der Waals surface area contributed by atoms with Crippen molar-refractivity contribution < 1.29 is 23.9 Å². The number of carbonyl (C=O) groups excluding carboxylic acids is 2. The normalized spacial score (nSPS) is 17.5. The average Bonchev–Trinajstić information content (AvgIpc) is 3.72. The lowest BCUT2D eigenvalue weighted by molar-refractivity contribution is -0.139. The molecule has 4 aromatic rings. The Hall–Kier alpha value is -4.22. The van der Waals surface area contributed by atoms with E-state index in [-0.39, 0.29) is 12.3 Å². The van der Waals surface area contributed by atoms with Crippen LogP contribution >= 0.6 is 24.0 Å². The van der Waals surface area contributed by atoms with Gasteiger partial charge in [-0.25, -0.2) is 9.78 Å². The standard InChI is InChI=1S/C31H28N4O5S2/c36-28(33-24(30(38)39)14-18-6-8-19(9-7-18)15-26-29(37)34-31(41)42-26)20-10-11-25-23(16-20)32-27(21-12-13-40-17-21)35(25)22-4-2-1-3-5-22/h6-13,15-17,22,24H,1-5,14H2,(H,33,36)(H,38,39)(H,34,37,41)/t24-/m0/s1. The van der Waals surface area contributed by atoms with Gasteiger partial charge in [-0.2, -0.15) is 0 Å². The van der Waals surface area contributed by atoms with Crippen molar-refractivity contribution in [2.24, 2.45) is 0 Å². The zero-order valence-corrected chi connectivity index (χ0v) is 24.2. The molecule has 1 saturated heterocycles. The van der Waals surface area contributed by atoms with Crippen LogP contribution in [0, 0.1) is 0 Å². The molecule has 1 atom stereocenters. The molecule has 0 unspecified atom stereocenters. The number of nitrogens with zero attached hydrogens (tertiary/aromatic N) is 2. The minimum absolute atomic E-state index is 0.0977. The summed E-state index contributed by atoms with van der Waals surface area (Å²) in [5, 5.41) is 15.1. The van der Waals surface area contributed by atoms with Crippen LogP contribution in [-0.4, -0.2) is 42.8 Å². The predicted molar refractivity (Wildman–Crippen MR) is 165 cm³/mol. The molecule has 42 heavy (non-hydrogen) atoms. The molecule has 2 aromatic carbocycles. The summed E-state index contributed by atoms with van der Waals surface area (Å²) in [4.78, 5) is 42.6. The third-order valence-corrected chi connectivity index (χ3v) is 8.80. The summed E-state index contributed by atoms with van der Waals surface area (Å²) < 4.78 is 8.00. The van der Waals surface area contributed by atoms with Crippen LogP contribution in [0.3, 0.4) is 0 Å². The van der Waals surface area contributed by atoms with E-state index in [0.29, 0.717) is 26.3 Å². The summed E-state index contributed by atoms with van der Waals surface area (Å²) in [5.41, 5.74) is 4.35. The van der Waals surface area contributed by atoms with Gasteiger partial charge < -0.3 is 24.7 Å². The van der Waals surface area contributed by atoms with Crippen molar-refractivity contribution in [3.63, 3.8) is 0 Å². The molecule has 0 radical (unpaired) electrons. The maximum atomic E-state index is 13.2. The van der Waals surface area contributed by atoms with E-state index in [1.165, 1.54) is 18.2 Å². The smallest absolute Gasteiger partial charge is 0.326 e. The van der Waals surface area contributed by atoms with E-state index in [1.807, 2.05) is 12.1 Å². The molecule has 3 heterocycles. The zero-order valence-electron chi connectivity index (χ0n) is 22.5. The van der Waals surface area contributed by atoms with Crippen LogP contribution in [0.25, 0.3) is 28.5 Å². The Labute approximate surface area is 251 Å². The van der Waals surface area contributed by atoms with Gasteiger partial charge in [0.05, 0.1) is 27.8 Å². The van der Waals surface area contributed by atoms with Crippen molar-refractivity contribution >= 4 is 63.2 Å². The van der Waals surface area contributed by atoms with Crippen molar-refractivity contribution in [3.8, 4) is 11.4 Å². The molecular formula is C31H28N4O5S2. The summed E-state index contributed by atoms with van der Waals surface area (Å²) in [7, 11) is 0. The molecule has 3 N–H and O–H groups in total. The largest absolute Gasteiger partial charge is 0.480 e. The van der Waals surface area contributed by atoms with Gasteiger partial charge in [-0.15, -0.1) is 0 Å². The summed E-state index contributed by atoms with van der Waals surface area (Å²) >= 11 is 6.22. The molecule has 0 bridgehead atoms. The maximum absolute atomic E-state index is 13.2. The number of carboxylic acids is 1. The first-order valence-electron chi connectivity index (χ1n) is 13.8. The van der Waals surface area contributed by atoms with Crippen LogP contribution in [-0.2, 0) is 16.0 Å². The van der Waals surface area contributed by atoms with E-state index >= 15 is 0 Å². The van der Waals surface area contributed by atoms with Crippen LogP contribution in [0.2, 0.25) is 0 Å². The minimum Gasteiger partial charge on any atom is -0.480 e. The first-order valence-corrected chi connectivity index (χ1v) is 15.0. The number of carboxylic acid groups (broad SMARTS) is 1. The first kappa shape index (κ1) is 27.9. The molecule has 1 saturated carbocycles. The van der Waals surface area contributed by atoms with Crippen LogP contribution < -0.4 is 10.6 Å². The van der Waals surface area contributed by atoms with E-state index in [4.69, 9.17) is 21.6 Å². The number of fused-ring (bicyclic) bond motifs is 1. The molecule has 2 amide bonds. The Bertz CT molecular complexity index is 1700. The minimum atomic E-state index is -1.13. The van der Waals surface area contributed by atoms with Gasteiger partial charge in [0.25, 0.3) is 11.8 Å². The first-order chi connectivity index (χ1) is 20.4. The topological polar surface area (TPSA) is 126 Å². The fraction of sp³-hybridized carbons (Fsp3) is 0.258. The molecular weight excluding hydrogens is 572 g/mol. The average molecular weight is 601 g/mol. The van der Waals surface area contributed by atoms with Gasteiger partial charge in [0, 0.05) is 18.0 Å². The highest BCUT2D eigenvalue weighted by molar-refractivity contribution is 8.26. The molecule has 6 rings (SSSR count). The third-order valence-electron chi connectivity index (χ3n) is 7.63. The van der Waals surface area contributed by atoms with Crippen LogP contribution in [0.1, 0.15) is 59.6 Å². The summed E-state index contributed by atoms with van der Waals surface area (Å²) in [6, 6.07) is 13.6. The molecule has 214 valence electrons. The Morgan fingerprint density at radius 3 is 2.62 bits per heavy atom. The lowest BCUT2D eigenvalue weighted by atomic mass is 9.95. The fourth-order valence-electron chi connectivity index (χ4n) is 5.54.